The van der Waals surface area contributed by atoms with Crippen molar-refractivity contribution in [2.45, 2.75) is 46.0 Å². The third-order valence-corrected chi connectivity index (χ3v) is 2.61. The van der Waals surface area contributed by atoms with Crippen molar-refractivity contribution >= 4 is 0 Å². The van der Waals surface area contributed by atoms with E-state index in [1.54, 1.807) is 0 Å². The molecule has 0 rings (SSSR count). The molecule has 2 heteroatoms. The summed E-state index contributed by atoms with van der Waals surface area (Å²) >= 11 is 0. The molecule has 1 N–H and O–H groups in total. The Balaban J connectivity index is 2.92. The number of rotatable bonds is 10. The van der Waals surface area contributed by atoms with Crippen molar-refractivity contribution in [3.63, 3.8) is 0 Å². The number of nitrogens with one attached hydrogen (secondary N) is 1. The van der Waals surface area contributed by atoms with Crippen LogP contribution in [0.3, 0.4) is 0 Å². The molecule has 0 spiro atoms. The minimum absolute atomic E-state index is 1.18. The predicted octanol–water partition coefficient (Wildman–Crippen LogP) is 2.50. The molecule has 0 aliphatic heterocycles. The predicted molar refractivity (Wildman–Crippen MR) is 64.8 cm³/mol. The van der Waals surface area contributed by atoms with E-state index in [1.165, 1.54) is 58.3 Å². The summed E-state index contributed by atoms with van der Waals surface area (Å²) in [5.41, 5.74) is 0. The van der Waals surface area contributed by atoms with Gasteiger partial charge in [-0.2, -0.15) is 0 Å². The second-order valence-corrected chi connectivity index (χ2v) is 4.06. The van der Waals surface area contributed by atoms with Gasteiger partial charge in [-0.05, 0) is 52.5 Å². The number of nitrogens with zero attached hydrogens (tertiary/aromatic N) is 1. The minimum atomic E-state index is 1.18. The number of unbranched alkanes of at least 4 members (excludes halogenated alkanes) is 3. The molecule has 2 nitrogen and oxygen atoms in total. The van der Waals surface area contributed by atoms with Crippen molar-refractivity contribution < 1.29 is 0 Å². The highest BCUT2D eigenvalue weighted by Gasteiger charge is 1.94. The summed E-state index contributed by atoms with van der Waals surface area (Å²) in [4.78, 5) is 2.38. The number of hydrogen-bond donors (Lipinski definition) is 1. The van der Waals surface area contributed by atoms with E-state index in [-0.39, 0.29) is 0 Å². The highest BCUT2D eigenvalue weighted by atomic mass is 15.1. The van der Waals surface area contributed by atoms with E-state index >= 15 is 0 Å². The lowest BCUT2D eigenvalue weighted by Crippen LogP contribution is -2.19. The quantitative estimate of drug-likeness (QED) is 0.545. The summed E-state index contributed by atoms with van der Waals surface area (Å²) < 4.78 is 0. The average Bonchev–Trinajstić information content (AvgIpc) is 2.21. The van der Waals surface area contributed by atoms with Gasteiger partial charge in [0.25, 0.3) is 0 Å². The fraction of sp³-hybridized carbons (Fsp3) is 1.00. The fourth-order valence-electron chi connectivity index (χ4n) is 1.45. The Morgan fingerprint density at radius 3 is 2.29 bits per heavy atom. The average molecular weight is 200 g/mol. The zero-order valence-corrected chi connectivity index (χ0v) is 10.3. The van der Waals surface area contributed by atoms with Crippen LogP contribution in [0.25, 0.3) is 0 Å². The van der Waals surface area contributed by atoms with Gasteiger partial charge >= 0.3 is 0 Å². The van der Waals surface area contributed by atoms with E-state index in [9.17, 15) is 0 Å². The zero-order chi connectivity index (χ0) is 10.6. The Labute approximate surface area is 90.1 Å². The fourth-order valence-corrected chi connectivity index (χ4v) is 1.45. The summed E-state index contributed by atoms with van der Waals surface area (Å²) in [7, 11) is 2.20. The Morgan fingerprint density at radius 2 is 1.64 bits per heavy atom. The molecule has 0 aliphatic rings. The van der Waals surface area contributed by atoms with Gasteiger partial charge in [-0.1, -0.05) is 26.7 Å². The van der Waals surface area contributed by atoms with E-state index in [4.69, 9.17) is 0 Å². The van der Waals surface area contributed by atoms with E-state index < -0.39 is 0 Å². The van der Waals surface area contributed by atoms with Gasteiger partial charge in [-0.15, -0.1) is 0 Å². The highest BCUT2D eigenvalue weighted by molar-refractivity contribution is 4.51. The summed E-state index contributed by atoms with van der Waals surface area (Å²) in [6.07, 6.45) is 6.72. The molecule has 0 heterocycles. The largest absolute Gasteiger partial charge is 0.317 e. The lowest BCUT2D eigenvalue weighted by molar-refractivity contribution is 0.340. The molecule has 86 valence electrons. The topological polar surface area (TPSA) is 15.3 Å². The molecule has 0 radical (unpaired) electrons. The summed E-state index contributed by atoms with van der Waals surface area (Å²) in [6, 6.07) is 0. The molecule has 0 unspecified atom stereocenters. The van der Waals surface area contributed by atoms with Crippen LogP contribution in [0.2, 0.25) is 0 Å². The second kappa shape index (κ2) is 11.0. The minimum Gasteiger partial charge on any atom is -0.317 e. The third-order valence-electron chi connectivity index (χ3n) is 2.61. The summed E-state index contributed by atoms with van der Waals surface area (Å²) in [6.45, 7) is 9.26. The van der Waals surface area contributed by atoms with E-state index in [0.29, 0.717) is 0 Å². The van der Waals surface area contributed by atoms with E-state index in [1.807, 2.05) is 0 Å². The lowest BCUT2D eigenvalue weighted by Gasteiger charge is -2.12. The third kappa shape index (κ3) is 10.0. The highest BCUT2D eigenvalue weighted by Crippen LogP contribution is 2.00. The maximum Gasteiger partial charge on any atom is -0.00219 e. The Hall–Kier alpha value is -0.0800. The van der Waals surface area contributed by atoms with Gasteiger partial charge < -0.3 is 10.2 Å². The van der Waals surface area contributed by atoms with Crippen LogP contribution in [-0.4, -0.2) is 38.1 Å². The maximum atomic E-state index is 3.44. The Bertz CT molecular complexity index is 104. The molecule has 0 bridgehead atoms. The van der Waals surface area contributed by atoms with Crippen molar-refractivity contribution in [3.05, 3.63) is 0 Å². The summed E-state index contributed by atoms with van der Waals surface area (Å²) in [5, 5.41) is 3.44. The van der Waals surface area contributed by atoms with Crippen molar-refractivity contribution in [3.8, 4) is 0 Å². The van der Waals surface area contributed by atoms with Gasteiger partial charge in [0.05, 0.1) is 0 Å². The molecule has 0 atom stereocenters. The molecule has 0 saturated carbocycles. The van der Waals surface area contributed by atoms with Crippen LogP contribution in [0, 0.1) is 0 Å². The molecule has 0 aromatic heterocycles. The van der Waals surface area contributed by atoms with Gasteiger partial charge in [-0.3, -0.25) is 0 Å². The maximum absolute atomic E-state index is 3.44. The van der Waals surface area contributed by atoms with Gasteiger partial charge in [0, 0.05) is 0 Å². The normalized spacial score (nSPS) is 11.1. The van der Waals surface area contributed by atoms with Crippen molar-refractivity contribution in [1.29, 1.82) is 0 Å². The number of hydrogen-bond acceptors (Lipinski definition) is 2. The first kappa shape index (κ1) is 13.9. The van der Waals surface area contributed by atoms with Crippen LogP contribution < -0.4 is 5.32 Å². The Kier molecular flexibility index (Phi) is 10.9. The first-order valence-electron chi connectivity index (χ1n) is 6.20. The Morgan fingerprint density at radius 1 is 0.929 bits per heavy atom. The first-order chi connectivity index (χ1) is 6.81. The van der Waals surface area contributed by atoms with Gasteiger partial charge in [0.2, 0.25) is 0 Å². The van der Waals surface area contributed by atoms with Crippen LogP contribution in [0.5, 0.6) is 0 Å². The molecule has 0 fully saturated rings. The van der Waals surface area contributed by atoms with Crippen molar-refractivity contribution in [2.75, 3.05) is 33.2 Å². The molecule has 0 aromatic carbocycles. The van der Waals surface area contributed by atoms with Crippen LogP contribution >= 0.6 is 0 Å². The molecule has 0 aromatic rings. The van der Waals surface area contributed by atoms with E-state index in [0.717, 1.165) is 0 Å². The summed E-state index contributed by atoms with van der Waals surface area (Å²) in [5.74, 6) is 0. The second-order valence-electron chi connectivity index (χ2n) is 4.06. The van der Waals surface area contributed by atoms with Gasteiger partial charge in [0.15, 0.2) is 0 Å². The van der Waals surface area contributed by atoms with Crippen molar-refractivity contribution in [1.82, 2.24) is 10.2 Å². The molecular formula is C12H28N2. The standard InChI is InChI=1S/C12H28N2/c1-4-10-13-11-8-6-7-9-12-14(3)5-2/h13H,4-12H2,1-3H3. The van der Waals surface area contributed by atoms with Crippen LogP contribution in [-0.2, 0) is 0 Å². The molecular weight excluding hydrogens is 172 g/mol. The van der Waals surface area contributed by atoms with Gasteiger partial charge in [-0.25, -0.2) is 0 Å². The monoisotopic (exact) mass is 200 g/mol. The van der Waals surface area contributed by atoms with Crippen molar-refractivity contribution in [2.24, 2.45) is 0 Å². The smallest absolute Gasteiger partial charge is 0.00219 e. The van der Waals surface area contributed by atoms with Crippen LogP contribution in [0.15, 0.2) is 0 Å². The van der Waals surface area contributed by atoms with Crippen LogP contribution in [0.1, 0.15) is 46.0 Å². The lowest BCUT2D eigenvalue weighted by atomic mass is 10.2. The molecule has 0 saturated heterocycles. The molecule has 0 amide bonds. The molecule has 14 heavy (non-hydrogen) atoms. The zero-order valence-electron chi connectivity index (χ0n) is 10.3. The van der Waals surface area contributed by atoms with E-state index in [2.05, 4.69) is 31.1 Å². The SMILES string of the molecule is CCCNCCCCCCN(C)CC. The first-order valence-corrected chi connectivity index (χ1v) is 6.20. The van der Waals surface area contributed by atoms with Gasteiger partial charge in [0.1, 0.15) is 0 Å². The molecule has 0 aliphatic carbocycles. The van der Waals surface area contributed by atoms with Crippen LogP contribution in [0.4, 0.5) is 0 Å².